The zero-order chi connectivity index (χ0) is 16.5. The fourth-order valence-electron chi connectivity index (χ4n) is 2.40. The summed E-state index contributed by atoms with van der Waals surface area (Å²) in [4.78, 5) is 13.3. The van der Waals surface area contributed by atoms with Crippen molar-refractivity contribution in [3.63, 3.8) is 0 Å². The lowest BCUT2D eigenvalue weighted by Gasteiger charge is -2.31. The number of likely N-dealkylation sites (N-methyl/N-ethyl adjacent to an activating group) is 1. The first-order chi connectivity index (χ1) is 10.5. The van der Waals surface area contributed by atoms with Gasteiger partial charge in [0.05, 0.1) is 13.2 Å². The van der Waals surface area contributed by atoms with Crippen LogP contribution in [0.15, 0.2) is 24.3 Å². The summed E-state index contributed by atoms with van der Waals surface area (Å²) in [6.07, 6.45) is -0.630. The molecule has 0 aliphatic heterocycles. The third-order valence-corrected chi connectivity index (χ3v) is 3.71. The van der Waals surface area contributed by atoms with E-state index in [1.54, 1.807) is 14.2 Å². The zero-order valence-corrected chi connectivity index (χ0v) is 13.8. The van der Waals surface area contributed by atoms with Crippen LogP contribution in [0.5, 0.6) is 5.75 Å². The van der Waals surface area contributed by atoms with Crippen molar-refractivity contribution in [2.45, 2.75) is 26.0 Å². The van der Waals surface area contributed by atoms with Gasteiger partial charge < -0.3 is 20.5 Å². The topological polar surface area (TPSA) is 73.8 Å². The summed E-state index contributed by atoms with van der Waals surface area (Å²) >= 11 is 0. The van der Waals surface area contributed by atoms with E-state index in [1.807, 2.05) is 31.2 Å². The van der Waals surface area contributed by atoms with Gasteiger partial charge in [-0.1, -0.05) is 25.1 Å². The van der Waals surface area contributed by atoms with Gasteiger partial charge in [0.15, 0.2) is 0 Å². The van der Waals surface area contributed by atoms with E-state index in [9.17, 15) is 9.90 Å². The SMILES string of the molecule is CCN(CC(O)CNC(=O)NC)[C@@H](C)c1ccccc1OC. The van der Waals surface area contributed by atoms with E-state index in [2.05, 4.69) is 22.5 Å². The van der Waals surface area contributed by atoms with Crippen LogP contribution in [-0.4, -0.2) is 55.9 Å². The van der Waals surface area contributed by atoms with E-state index in [0.29, 0.717) is 6.54 Å². The van der Waals surface area contributed by atoms with Crippen LogP contribution >= 0.6 is 0 Å². The number of nitrogens with one attached hydrogen (secondary N) is 2. The van der Waals surface area contributed by atoms with Gasteiger partial charge in [0.25, 0.3) is 0 Å². The van der Waals surface area contributed by atoms with Gasteiger partial charge in [0.1, 0.15) is 5.75 Å². The van der Waals surface area contributed by atoms with E-state index < -0.39 is 6.10 Å². The maximum Gasteiger partial charge on any atom is 0.314 e. The highest BCUT2D eigenvalue weighted by atomic mass is 16.5. The van der Waals surface area contributed by atoms with Gasteiger partial charge >= 0.3 is 6.03 Å². The summed E-state index contributed by atoms with van der Waals surface area (Å²) in [5, 5.41) is 15.2. The average Bonchev–Trinajstić information content (AvgIpc) is 2.56. The number of amides is 2. The molecule has 124 valence electrons. The fraction of sp³-hybridized carbons (Fsp3) is 0.562. The summed E-state index contributed by atoms with van der Waals surface area (Å²) in [5.41, 5.74) is 1.08. The van der Waals surface area contributed by atoms with Crippen LogP contribution in [0.1, 0.15) is 25.5 Å². The van der Waals surface area contributed by atoms with Gasteiger partial charge in [0.2, 0.25) is 0 Å². The number of rotatable bonds is 8. The lowest BCUT2D eigenvalue weighted by atomic mass is 10.1. The van der Waals surface area contributed by atoms with Gasteiger partial charge in [-0.05, 0) is 19.5 Å². The lowest BCUT2D eigenvalue weighted by Crippen LogP contribution is -2.43. The van der Waals surface area contributed by atoms with Gasteiger partial charge in [-0.15, -0.1) is 0 Å². The fourth-order valence-corrected chi connectivity index (χ4v) is 2.40. The van der Waals surface area contributed by atoms with E-state index in [1.165, 1.54) is 0 Å². The Morgan fingerprint density at radius 2 is 2.09 bits per heavy atom. The molecule has 1 unspecified atom stereocenters. The molecular formula is C16H27N3O3. The molecule has 6 heteroatoms. The van der Waals surface area contributed by atoms with Crippen molar-refractivity contribution in [1.82, 2.24) is 15.5 Å². The van der Waals surface area contributed by atoms with Crippen molar-refractivity contribution in [3.8, 4) is 5.75 Å². The molecule has 6 nitrogen and oxygen atoms in total. The third-order valence-electron chi connectivity index (χ3n) is 3.71. The van der Waals surface area contributed by atoms with Crippen molar-refractivity contribution in [1.29, 1.82) is 0 Å². The van der Waals surface area contributed by atoms with Crippen LogP contribution < -0.4 is 15.4 Å². The second-order valence-corrected chi connectivity index (χ2v) is 5.12. The largest absolute Gasteiger partial charge is 0.496 e. The van der Waals surface area contributed by atoms with Gasteiger partial charge in [-0.2, -0.15) is 0 Å². The van der Waals surface area contributed by atoms with E-state index in [-0.39, 0.29) is 18.6 Å². The molecule has 0 bridgehead atoms. The highest BCUT2D eigenvalue weighted by Gasteiger charge is 2.20. The number of carbonyl (C=O) groups is 1. The normalized spacial score (nSPS) is 13.5. The van der Waals surface area contributed by atoms with Crippen LogP contribution in [0.25, 0.3) is 0 Å². The number of nitrogens with zero attached hydrogens (tertiary/aromatic N) is 1. The number of hydrogen-bond acceptors (Lipinski definition) is 4. The van der Waals surface area contributed by atoms with Gasteiger partial charge in [0, 0.05) is 31.7 Å². The molecule has 22 heavy (non-hydrogen) atoms. The Balaban J connectivity index is 2.68. The quantitative estimate of drug-likeness (QED) is 0.678. The Morgan fingerprint density at radius 3 is 2.68 bits per heavy atom. The second kappa shape index (κ2) is 9.27. The number of aliphatic hydroxyl groups is 1. The third kappa shape index (κ3) is 5.20. The van der Waals surface area contributed by atoms with Crippen molar-refractivity contribution in [3.05, 3.63) is 29.8 Å². The molecule has 0 heterocycles. The first kappa shape index (κ1) is 18.3. The Morgan fingerprint density at radius 1 is 1.41 bits per heavy atom. The van der Waals surface area contributed by atoms with Crippen LogP contribution in [0.3, 0.4) is 0 Å². The van der Waals surface area contributed by atoms with E-state index in [0.717, 1.165) is 17.9 Å². The van der Waals surface area contributed by atoms with Crippen LogP contribution in [0, 0.1) is 0 Å². The lowest BCUT2D eigenvalue weighted by molar-refractivity contribution is 0.0942. The highest BCUT2D eigenvalue weighted by molar-refractivity contribution is 5.73. The molecule has 1 aromatic carbocycles. The number of para-hydroxylation sites is 1. The minimum atomic E-state index is -0.630. The molecule has 0 saturated carbocycles. The molecule has 1 rings (SSSR count). The highest BCUT2D eigenvalue weighted by Crippen LogP contribution is 2.28. The molecule has 0 saturated heterocycles. The summed E-state index contributed by atoms with van der Waals surface area (Å²) < 4.78 is 5.41. The second-order valence-electron chi connectivity index (χ2n) is 5.12. The van der Waals surface area contributed by atoms with Crippen LogP contribution in [0.4, 0.5) is 4.79 Å². The molecule has 3 N–H and O–H groups in total. The number of benzene rings is 1. The molecule has 0 spiro atoms. The maximum atomic E-state index is 11.1. The average molecular weight is 309 g/mol. The maximum absolute atomic E-state index is 11.1. The number of ether oxygens (including phenoxy) is 1. The monoisotopic (exact) mass is 309 g/mol. The molecule has 0 aliphatic carbocycles. The minimum absolute atomic E-state index is 0.107. The first-order valence-electron chi connectivity index (χ1n) is 7.54. The Hall–Kier alpha value is -1.79. The van der Waals surface area contributed by atoms with E-state index >= 15 is 0 Å². The molecule has 0 radical (unpaired) electrons. The number of aliphatic hydroxyl groups excluding tert-OH is 1. The number of carbonyl (C=O) groups excluding carboxylic acids is 1. The standard InChI is InChI=1S/C16H27N3O3/c1-5-19(11-13(20)10-18-16(21)17-3)12(2)14-8-6-7-9-15(14)22-4/h6-9,12-13,20H,5,10-11H2,1-4H3,(H2,17,18,21)/t12-,13?/m0/s1. The summed E-state index contributed by atoms with van der Waals surface area (Å²) in [7, 11) is 3.20. The predicted molar refractivity (Wildman–Crippen MR) is 87.1 cm³/mol. The van der Waals surface area contributed by atoms with Crippen LogP contribution in [0.2, 0.25) is 0 Å². The van der Waals surface area contributed by atoms with Crippen molar-refractivity contribution < 1.29 is 14.6 Å². The summed E-state index contributed by atoms with van der Waals surface area (Å²) in [5.74, 6) is 0.839. The van der Waals surface area contributed by atoms with E-state index in [4.69, 9.17) is 4.74 Å². The summed E-state index contributed by atoms with van der Waals surface area (Å²) in [6, 6.07) is 7.69. The van der Waals surface area contributed by atoms with Crippen molar-refractivity contribution in [2.75, 3.05) is 33.8 Å². The predicted octanol–water partition coefficient (Wildman–Crippen LogP) is 1.37. The summed E-state index contributed by atoms with van der Waals surface area (Å²) in [6.45, 7) is 5.61. The number of urea groups is 1. The molecule has 1 aromatic rings. The molecule has 2 atom stereocenters. The molecule has 0 aliphatic rings. The van der Waals surface area contributed by atoms with Crippen LogP contribution in [-0.2, 0) is 0 Å². The minimum Gasteiger partial charge on any atom is -0.496 e. The number of methoxy groups -OCH3 is 1. The first-order valence-corrected chi connectivity index (χ1v) is 7.54. The smallest absolute Gasteiger partial charge is 0.314 e. The Bertz CT molecular complexity index is 468. The molecule has 0 aromatic heterocycles. The Labute approximate surface area is 132 Å². The van der Waals surface area contributed by atoms with Gasteiger partial charge in [-0.3, -0.25) is 4.90 Å². The zero-order valence-electron chi connectivity index (χ0n) is 13.8. The molecule has 0 fully saturated rings. The van der Waals surface area contributed by atoms with Crippen molar-refractivity contribution in [2.24, 2.45) is 0 Å². The van der Waals surface area contributed by atoms with Gasteiger partial charge in [-0.25, -0.2) is 4.79 Å². The Kier molecular flexibility index (Phi) is 7.70. The molecule has 2 amide bonds. The molecular weight excluding hydrogens is 282 g/mol. The van der Waals surface area contributed by atoms with Crippen molar-refractivity contribution >= 4 is 6.03 Å². The number of hydrogen-bond donors (Lipinski definition) is 3.